The Balaban J connectivity index is 1.80. The molecule has 30 heavy (non-hydrogen) atoms. The van der Waals surface area contributed by atoms with Crippen LogP contribution in [-0.4, -0.2) is 54.1 Å². The van der Waals surface area contributed by atoms with Crippen molar-refractivity contribution in [2.24, 2.45) is 0 Å². The molecule has 2 rings (SSSR count). The molecule has 8 nitrogen and oxygen atoms in total. The standard InChI is InChI=1S/C18H16ClF3N4O4/c1-26(16(28)9-24-17(29)14-8-11(19)6-7-23-14)10-15(27)25-12-2-4-13(5-3-12)30-18(20,21)22/h2-8H,9-10H2,1H3,(H,24,29)(H,25,27). The minimum absolute atomic E-state index is 0.0358. The van der Waals surface area contributed by atoms with Gasteiger partial charge >= 0.3 is 6.36 Å². The van der Waals surface area contributed by atoms with E-state index >= 15 is 0 Å². The van der Waals surface area contributed by atoms with Crippen LogP contribution in [0.3, 0.4) is 0 Å². The molecule has 2 N–H and O–H groups in total. The van der Waals surface area contributed by atoms with Gasteiger partial charge in [-0.3, -0.25) is 19.4 Å². The van der Waals surface area contributed by atoms with Crippen molar-refractivity contribution < 1.29 is 32.3 Å². The molecule has 1 heterocycles. The van der Waals surface area contributed by atoms with E-state index in [2.05, 4.69) is 20.4 Å². The van der Waals surface area contributed by atoms with Crippen molar-refractivity contribution in [3.05, 3.63) is 53.3 Å². The SMILES string of the molecule is CN(CC(=O)Nc1ccc(OC(F)(F)F)cc1)C(=O)CNC(=O)c1cc(Cl)ccn1. The number of likely N-dealkylation sites (N-methyl/N-ethyl adjacent to an activating group) is 1. The van der Waals surface area contributed by atoms with Crippen LogP contribution in [0.1, 0.15) is 10.5 Å². The van der Waals surface area contributed by atoms with Crippen LogP contribution < -0.4 is 15.4 Å². The second-order valence-corrected chi connectivity index (χ2v) is 6.35. The van der Waals surface area contributed by atoms with E-state index in [0.29, 0.717) is 5.02 Å². The van der Waals surface area contributed by atoms with Crippen molar-refractivity contribution in [3.63, 3.8) is 0 Å². The van der Waals surface area contributed by atoms with Gasteiger partial charge in [0.05, 0.1) is 13.1 Å². The lowest BCUT2D eigenvalue weighted by atomic mass is 10.3. The Morgan fingerprint density at radius 2 is 1.83 bits per heavy atom. The molecular weight excluding hydrogens is 429 g/mol. The summed E-state index contributed by atoms with van der Waals surface area (Å²) in [6.45, 7) is -0.717. The number of nitrogens with zero attached hydrogens (tertiary/aromatic N) is 2. The Kier molecular flexibility index (Phi) is 7.59. The molecule has 0 spiro atoms. The topological polar surface area (TPSA) is 101 Å². The lowest BCUT2D eigenvalue weighted by Crippen LogP contribution is -2.41. The molecule has 0 radical (unpaired) electrons. The van der Waals surface area contributed by atoms with E-state index in [1.807, 2.05) is 0 Å². The zero-order chi connectivity index (χ0) is 22.3. The second-order valence-electron chi connectivity index (χ2n) is 5.91. The maximum atomic E-state index is 12.1. The second kappa shape index (κ2) is 9.92. The summed E-state index contributed by atoms with van der Waals surface area (Å²) in [5, 5.41) is 5.11. The Bertz CT molecular complexity index is 922. The molecule has 0 aliphatic rings. The van der Waals surface area contributed by atoms with Crippen molar-refractivity contribution >= 4 is 35.0 Å². The average molecular weight is 445 g/mol. The highest BCUT2D eigenvalue weighted by Crippen LogP contribution is 2.23. The maximum absolute atomic E-state index is 12.1. The fraction of sp³-hybridized carbons (Fsp3) is 0.222. The molecule has 0 saturated carbocycles. The van der Waals surface area contributed by atoms with Gasteiger partial charge in [0.25, 0.3) is 5.91 Å². The fourth-order valence-corrected chi connectivity index (χ4v) is 2.31. The van der Waals surface area contributed by atoms with Crippen molar-refractivity contribution in [2.45, 2.75) is 6.36 Å². The molecule has 2 aromatic rings. The predicted octanol–water partition coefficient (Wildman–Crippen LogP) is 2.46. The van der Waals surface area contributed by atoms with Gasteiger partial charge in [0.15, 0.2) is 0 Å². The molecule has 1 aromatic heterocycles. The molecule has 0 aliphatic carbocycles. The van der Waals surface area contributed by atoms with E-state index in [1.165, 1.54) is 37.5 Å². The summed E-state index contributed by atoms with van der Waals surface area (Å²) in [4.78, 5) is 40.9. The third-order valence-electron chi connectivity index (χ3n) is 3.53. The summed E-state index contributed by atoms with van der Waals surface area (Å²) >= 11 is 5.77. The van der Waals surface area contributed by atoms with Gasteiger partial charge in [-0.05, 0) is 36.4 Å². The minimum atomic E-state index is -4.81. The summed E-state index contributed by atoms with van der Waals surface area (Å²) in [6, 6.07) is 7.35. The predicted molar refractivity (Wildman–Crippen MR) is 101 cm³/mol. The number of aromatic nitrogens is 1. The number of pyridine rings is 1. The highest BCUT2D eigenvalue weighted by atomic mass is 35.5. The quantitative estimate of drug-likeness (QED) is 0.683. The number of carbonyl (C=O) groups is 3. The number of hydrogen-bond acceptors (Lipinski definition) is 5. The van der Waals surface area contributed by atoms with Gasteiger partial charge in [-0.15, -0.1) is 13.2 Å². The first kappa shape index (κ1) is 22.9. The highest BCUT2D eigenvalue weighted by molar-refractivity contribution is 6.30. The summed E-state index contributed by atoms with van der Waals surface area (Å²) in [6.07, 6.45) is -3.47. The van der Waals surface area contributed by atoms with Crippen molar-refractivity contribution in [2.75, 3.05) is 25.5 Å². The Hall–Kier alpha value is -3.34. The Morgan fingerprint density at radius 1 is 1.17 bits per heavy atom. The van der Waals surface area contributed by atoms with Gasteiger partial charge in [0.2, 0.25) is 11.8 Å². The molecule has 160 valence electrons. The minimum Gasteiger partial charge on any atom is -0.406 e. The van der Waals surface area contributed by atoms with Crippen LogP contribution in [0.5, 0.6) is 5.75 Å². The van der Waals surface area contributed by atoms with Crippen molar-refractivity contribution in [1.29, 1.82) is 0 Å². The van der Waals surface area contributed by atoms with Gasteiger partial charge in [0, 0.05) is 24.0 Å². The van der Waals surface area contributed by atoms with Gasteiger partial charge in [-0.25, -0.2) is 0 Å². The number of hydrogen-bond donors (Lipinski definition) is 2. The fourth-order valence-electron chi connectivity index (χ4n) is 2.15. The van der Waals surface area contributed by atoms with Crippen LogP contribution in [0.25, 0.3) is 0 Å². The first-order valence-corrected chi connectivity index (χ1v) is 8.70. The normalized spacial score (nSPS) is 10.8. The number of ether oxygens (including phenoxy) is 1. The Labute approximate surface area is 174 Å². The van der Waals surface area contributed by atoms with E-state index in [-0.39, 0.29) is 24.5 Å². The van der Waals surface area contributed by atoms with E-state index in [1.54, 1.807) is 0 Å². The smallest absolute Gasteiger partial charge is 0.406 e. The molecule has 0 fully saturated rings. The van der Waals surface area contributed by atoms with Crippen LogP contribution in [0, 0.1) is 0 Å². The van der Waals surface area contributed by atoms with Crippen LogP contribution >= 0.6 is 11.6 Å². The molecule has 0 bridgehead atoms. The number of anilines is 1. The van der Waals surface area contributed by atoms with E-state index in [0.717, 1.165) is 17.0 Å². The third-order valence-corrected chi connectivity index (χ3v) is 3.77. The summed E-state index contributed by atoms with van der Waals surface area (Å²) in [7, 11) is 1.35. The number of alkyl halides is 3. The molecule has 1 aromatic carbocycles. The van der Waals surface area contributed by atoms with E-state index in [4.69, 9.17) is 11.6 Å². The highest BCUT2D eigenvalue weighted by Gasteiger charge is 2.31. The molecule has 0 aliphatic heterocycles. The number of halogens is 4. The molecule has 0 atom stereocenters. The molecule has 3 amide bonds. The van der Waals surface area contributed by atoms with Gasteiger partial charge < -0.3 is 20.3 Å². The first-order chi connectivity index (χ1) is 14.0. The zero-order valence-electron chi connectivity index (χ0n) is 15.5. The number of carbonyl (C=O) groups excluding carboxylic acids is 3. The van der Waals surface area contributed by atoms with Crippen LogP contribution in [-0.2, 0) is 9.59 Å². The first-order valence-electron chi connectivity index (χ1n) is 8.33. The van der Waals surface area contributed by atoms with Crippen molar-refractivity contribution in [1.82, 2.24) is 15.2 Å². The van der Waals surface area contributed by atoms with Crippen LogP contribution in [0.2, 0.25) is 5.02 Å². The number of amides is 3. The lowest BCUT2D eigenvalue weighted by molar-refractivity contribution is -0.274. The van der Waals surface area contributed by atoms with Crippen LogP contribution in [0.4, 0.5) is 18.9 Å². The largest absolute Gasteiger partial charge is 0.573 e. The molecule has 0 unspecified atom stereocenters. The average Bonchev–Trinajstić information content (AvgIpc) is 2.66. The van der Waals surface area contributed by atoms with Crippen molar-refractivity contribution in [3.8, 4) is 5.75 Å². The monoisotopic (exact) mass is 444 g/mol. The number of rotatable bonds is 7. The maximum Gasteiger partial charge on any atom is 0.573 e. The van der Waals surface area contributed by atoms with Gasteiger partial charge in [-0.2, -0.15) is 0 Å². The van der Waals surface area contributed by atoms with E-state index in [9.17, 15) is 27.6 Å². The van der Waals surface area contributed by atoms with Crippen LogP contribution in [0.15, 0.2) is 42.6 Å². The summed E-state index contributed by atoms with van der Waals surface area (Å²) in [5.74, 6) is -2.17. The number of benzene rings is 1. The molecule has 0 saturated heterocycles. The summed E-state index contributed by atoms with van der Waals surface area (Å²) in [5.41, 5.74) is 0.254. The lowest BCUT2D eigenvalue weighted by Gasteiger charge is -2.17. The molecular formula is C18H16ClF3N4O4. The Morgan fingerprint density at radius 3 is 2.43 bits per heavy atom. The van der Waals surface area contributed by atoms with E-state index < -0.39 is 29.8 Å². The van der Waals surface area contributed by atoms with Gasteiger partial charge in [0.1, 0.15) is 11.4 Å². The summed E-state index contributed by atoms with van der Waals surface area (Å²) < 4.78 is 40.1. The molecule has 12 heteroatoms. The number of nitrogens with one attached hydrogen (secondary N) is 2. The van der Waals surface area contributed by atoms with Gasteiger partial charge in [-0.1, -0.05) is 11.6 Å². The third kappa shape index (κ3) is 7.59. The zero-order valence-corrected chi connectivity index (χ0v) is 16.3.